The highest BCUT2D eigenvalue weighted by Crippen LogP contribution is 2.66. The van der Waals surface area contributed by atoms with Gasteiger partial charge in [-0.05, 0) is 65.5 Å². The van der Waals surface area contributed by atoms with Crippen molar-refractivity contribution < 1.29 is 24.6 Å². The van der Waals surface area contributed by atoms with E-state index in [0.717, 1.165) is 16.7 Å². The molecule has 0 unspecified atom stereocenters. The molecule has 3 atom stereocenters. The Morgan fingerprint density at radius 1 is 1.14 bits per heavy atom. The zero-order valence-electron chi connectivity index (χ0n) is 24.1. The second kappa shape index (κ2) is 10.3. The summed E-state index contributed by atoms with van der Waals surface area (Å²) in [5.74, 6) is -0.487. The van der Waals surface area contributed by atoms with E-state index in [0.29, 0.717) is 33.3 Å². The number of aromatic nitrogens is 5. The number of aryl methyl sites for hydroxylation is 2. The van der Waals surface area contributed by atoms with Crippen molar-refractivity contribution in [3.63, 3.8) is 0 Å². The van der Waals surface area contributed by atoms with Crippen LogP contribution in [0.1, 0.15) is 54.1 Å². The van der Waals surface area contributed by atoms with E-state index in [4.69, 9.17) is 0 Å². The van der Waals surface area contributed by atoms with Crippen LogP contribution in [0.4, 0.5) is 5.82 Å². The Kier molecular flexibility index (Phi) is 6.94. The number of anilines is 1. The zero-order valence-corrected chi connectivity index (χ0v) is 25.6. The van der Waals surface area contributed by atoms with Crippen molar-refractivity contribution in [3.8, 4) is 11.1 Å². The second-order valence-corrected chi connectivity index (χ2v) is 12.4. The van der Waals surface area contributed by atoms with Gasteiger partial charge in [0.2, 0.25) is 11.8 Å². The predicted octanol–water partition coefficient (Wildman–Crippen LogP) is 3.30. The molecule has 4 heterocycles. The Bertz CT molecular complexity index is 1820. The number of benzene rings is 1. The fraction of sp³-hybridized carbons (Fsp3) is 0.367. The lowest BCUT2D eigenvalue weighted by Gasteiger charge is -2.30. The largest absolute Gasteiger partial charge is 0.392 e. The first-order valence-electron chi connectivity index (χ1n) is 13.8. The van der Waals surface area contributed by atoms with E-state index in [9.17, 15) is 24.6 Å². The van der Waals surface area contributed by atoms with Crippen LogP contribution in [0.2, 0.25) is 0 Å². The average Bonchev–Trinajstić information content (AvgIpc) is 3.20. The molecule has 222 valence electrons. The molecule has 2 aliphatic rings. The van der Waals surface area contributed by atoms with Gasteiger partial charge in [0, 0.05) is 47.7 Å². The zero-order chi connectivity index (χ0) is 30.8. The van der Waals surface area contributed by atoms with Crippen molar-refractivity contribution in [1.82, 2.24) is 29.6 Å². The van der Waals surface area contributed by atoms with E-state index >= 15 is 0 Å². The third-order valence-electron chi connectivity index (χ3n) is 8.53. The summed E-state index contributed by atoms with van der Waals surface area (Å²) in [5, 5.41) is 29.0. The SMILES string of the molecule is CC(=O)c1nn(CC(=O)N2[C@H](C(=O)Nc3nc(Br)ccc3CO)C[C@@]3(C)C[C@@]23O)c2c(C)cc(-c3cnc(C)nc3)cc12. The van der Waals surface area contributed by atoms with Crippen LogP contribution < -0.4 is 5.32 Å². The smallest absolute Gasteiger partial charge is 0.248 e. The number of halogens is 1. The molecule has 1 aromatic carbocycles. The van der Waals surface area contributed by atoms with Gasteiger partial charge in [-0.2, -0.15) is 5.10 Å². The fourth-order valence-corrected chi connectivity index (χ4v) is 6.50. The molecule has 6 rings (SSSR count). The number of Topliss-reactive ketones (excluding diaryl/α,β-unsaturated/α-hetero) is 1. The molecule has 1 saturated carbocycles. The number of aliphatic hydroxyl groups excluding tert-OH is 1. The Balaban J connectivity index is 1.34. The number of pyridine rings is 1. The summed E-state index contributed by atoms with van der Waals surface area (Å²) < 4.78 is 1.93. The van der Waals surface area contributed by atoms with Gasteiger partial charge in [0.15, 0.2) is 5.78 Å². The molecule has 3 N–H and O–H groups in total. The molecule has 2 fully saturated rings. The van der Waals surface area contributed by atoms with E-state index in [-0.39, 0.29) is 36.9 Å². The summed E-state index contributed by atoms with van der Waals surface area (Å²) in [6.07, 6.45) is 4.02. The first-order chi connectivity index (χ1) is 20.3. The number of hydrogen-bond acceptors (Lipinski definition) is 9. The van der Waals surface area contributed by atoms with E-state index < -0.39 is 29.0 Å². The fourth-order valence-electron chi connectivity index (χ4n) is 6.19. The van der Waals surface area contributed by atoms with Gasteiger partial charge in [0.1, 0.15) is 40.3 Å². The number of likely N-dealkylation sites (tertiary alicyclic amines) is 1. The van der Waals surface area contributed by atoms with Crippen LogP contribution >= 0.6 is 15.9 Å². The number of rotatable bonds is 7. The molecular weight excluding hydrogens is 618 g/mol. The van der Waals surface area contributed by atoms with Crippen LogP contribution in [-0.4, -0.2) is 69.2 Å². The van der Waals surface area contributed by atoms with Gasteiger partial charge < -0.3 is 20.4 Å². The summed E-state index contributed by atoms with van der Waals surface area (Å²) in [5.41, 5.74) is 1.46. The van der Waals surface area contributed by atoms with Gasteiger partial charge >= 0.3 is 0 Å². The molecule has 1 aliphatic heterocycles. The number of nitrogens with one attached hydrogen (secondary N) is 1. The molecule has 1 aliphatic carbocycles. The first kappa shape index (κ1) is 29.0. The normalized spacial score (nSPS) is 22.5. The van der Waals surface area contributed by atoms with E-state index in [1.807, 2.05) is 26.0 Å². The number of carbonyl (C=O) groups is 3. The lowest BCUT2D eigenvalue weighted by atomic mass is 10.0. The first-order valence-corrected chi connectivity index (χ1v) is 14.6. The summed E-state index contributed by atoms with van der Waals surface area (Å²) >= 11 is 3.27. The molecule has 2 amide bonds. The van der Waals surface area contributed by atoms with Crippen LogP contribution in [0.25, 0.3) is 22.0 Å². The van der Waals surface area contributed by atoms with Gasteiger partial charge in [-0.25, -0.2) is 15.0 Å². The molecule has 0 radical (unpaired) electrons. The van der Waals surface area contributed by atoms with Gasteiger partial charge in [0.05, 0.1) is 12.1 Å². The standard InChI is InChI=1S/C30H30BrN7O5/c1-15-7-19(20-10-32-17(3)33-11-20)8-21-25(16(2)40)36-37(26(15)21)12-24(41)38-22(9-29(4)14-30(29,38)43)28(42)35-27-18(13-39)5-6-23(31)34-27/h5-8,10-11,22,39,43H,9,12-14H2,1-4H3,(H,34,35,42)/t22-,29-,30-/m0/s1. The minimum atomic E-state index is -1.49. The molecule has 0 spiro atoms. The minimum absolute atomic E-state index is 0.168. The maximum absolute atomic E-state index is 14.0. The number of piperidine rings is 1. The maximum atomic E-state index is 14.0. The van der Waals surface area contributed by atoms with Crippen molar-refractivity contribution in [2.24, 2.45) is 5.41 Å². The van der Waals surface area contributed by atoms with Crippen LogP contribution in [0, 0.1) is 19.3 Å². The van der Waals surface area contributed by atoms with Crippen LogP contribution in [0.5, 0.6) is 0 Å². The number of hydrogen-bond donors (Lipinski definition) is 3. The number of amides is 2. The van der Waals surface area contributed by atoms with Crippen molar-refractivity contribution in [2.75, 3.05) is 5.32 Å². The van der Waals surface area contributed by atoms with E-state index in [2.05, 4.69) is 41.3 Å². The van der Waals surface area contributed by atoms with Crippen molar-refractivity contribution in [3.05, 3.63) is 63.9 Å². The molecule has 12 nitrogen and oxygen atoms in total. The Morgan fingerprint density at radius 3 is 2.53 bits per heavy atom. The average molecular weight is 649 g/mol. The quantitative estimate of drug-likeness (QED) is 0.202. The molecular formula is C30H30BrN7O5. The van der Waals surface area contributed by atoms with Crippen LogP contribution in [0.15, 0.2) is 41.3 Å². The van der Waals surface area contributed by atoms with Crippen LogP contribution in [-0.2, 0) is 22.7 Å². The molecule has 4 aromatic rings. The molecule has 13 heteroatoms. The number of fused-ring (bicyclic) bond motifs is 2. The highest BCUT2D eigenvalue weighted by Gasteiger charge is 2.75. The second-order valence-electron chi connectivity index (χ2n) is 11.6. The van der Waals surface area contributed by atoms with Crippen molar-refractivity contribution >= 4 is 50.2 Å². The topological polar surface area (TPSA) is 163 Å². The summed E-state index contributed by atoms with van der Waals surface area (Å²) in [4.78, 5) is 54.2. The molecule has 1 saturated heterocycles. The number of ketones is 1. The minimum Gasteiger partial charge on any atom is -0.392 e. The van der Waals surface area contributed by atoms with Crippen molar-refractivity contribution in [1.29, 1.82) is 0 Å². The third kappa shape index (κ3) is 4.81. The van der Waals surface area contributed by atoms with Gasteiger partial charge in [-0.15, -0.1) is 0 Å². The Hall–Kier alpha value is -4.07. The number of aliphatic hydroxyl groups is 2. The van der Waals surface area contributed by atoms with Gasteiger partial charge in [-0.1, -0.05) is 13.0 Å². The summed E-state index contributed by atoms with van der Waals surface area (Å²) in [7, 11) is 0. The highest BCUT2D eigenvalue weighted by atomic mass is 79.9. The predicted molar refractivity (Wildman–Crippen MR) is 160 cm³/mol. The maximum Gasteiger partial charge on any atom is 0.248 e. The Morgan fingerprint density at radius 2 is 1.86 bits per heavy atom. The van der Waals surface area contributed by atoms with Crippen LogP contribution in [0.3, 0.4) is 0 Å². The molecule has 3 aromatic heterocycles. The lowest BCUT2D eigenvalue weighted by Crippen LogP contribution is -2.51. The van der Waals surface area contributed by atoms with Gasteiger partial charge in [0.25, 0.3) is 0 Å². The summed E-state index contributed by atoms with van der Waals surface area (Å²) in [6, 6.07) is 6.06. The molecule has 0 bridgehead atoms. The monoisotopic (exact) mass is 647 g/mol. The highest BCUT2D eigenvalue weighted by molar-refractivity contribution is 9.10. The van der Waals surface area contributed by atoms with E-state index in [1.54, 1.807) is 31.5 Å². The summed E-state index contributed by atoms with van der Waals surface area (Å²) in [6.45, 7) is 6.29. The molecule has 43 heavy (non-hydrogen) atoms. The van der Waals surface area contributed by atoms with Gasteiger partial charge in [-0.3, -0.25) is 19.1 Å². The van der Waals surface area contributed by atoms with Crippen molar-refractivity contribution in [2.45, 2.75) is 65.5 Å². The Labute approximate surface area is 255 Å². The lowest BCUT2D eigenvalue weighted by molar-refractivity contribution is -0.151. The van der Waals surface area contributed by atoms with E-state index in [1.165, 1.54) is 16.5 Å². The number of carbonyl (C=O) groups excluding carboxylic acids is 3. The number of nitrogens with zero attached hydrogens (tertiary/aromatic N) is 6. The third-order valence-corrected chi connectivity index (χ3v) is 8.97.